The zero-order chi connectivity index (χ0) is 24.7. The molecular formula is C23H19BrFN3O5S. The van der Waals surface area contributed by atoms with Crippen molar-refractivity contribution in [2.75, 3.05) is 14.2 Å². The van der Waals surface area contributed by atoms with Gasteiger partial charge in [-0.15, -0.1) is 0 Å². The molecule has 0 saturated carbocycles. The number of rotatable bonds is 6. The molecule has 1 amide bonds. The van der Waals surface area contributed by atoms with Crippen molar-refractivity contribution < 1.29 is 26.5 Å². The van der Waals surface area contributed by atoms with Gasteiger partial charge in [0.25, 0.3) is 5.91 Å². The quantitative estimate of drug-likeness (QED) is 0.473. The van der Waals surface area contributed by atoms with Crippen LogP contribution in [0.4, 0.5) is 4.39 Å². The van der Waals surface area contributed by atoms with Gasteiger partial charge in [0.15, 0.2) is 11.5 Å². The van der Waals surface area contributed by atoms with Crippen LogP contribution in [0.2, 0.25) is 0 Å². The van der Waals surface area contributed by atoms with Gasteiger partial charge in [0.2, 0.25) is 0 Å². The normalized spacial score (nSPS) is 18.1. The van der Waals surface area contributed by atoms with Crippen LogP contribution < -0.4 is 14.7 Å². The molecule has 176 valence electrons. The Labute approximate surface area is 204 Å². The van der Waals surface area contributed by atoms with Crippen molar-refractivity contribution in [3.8, 4) is 11.5 Å². The molecule has 0 spiro atoms. The molecule has 3 aromatic rings. The number of carbonyl (C=O) groups is 1. The standard InChI is InChI=1S/C23H19BrFN3O5S/c1-28-21(29)23(27-22(28)26,15-5-12-20(25)19(24)13-15)14-3-6-17(7-4-14)33-34(30,31)18-10-8-16(32-2)9-11-18/h3-13H,1-2H3,(H2,26,27). The molecule has 0 radical (unpaired) electrons. The minimum atomic E-state index is -4.10. The Balaban J connectivity index is 1.71. The van der Waals surface area contributed by atoms with E-state index in [-0.39, 0.29) is 21.1 Å². The molecule has 0 fully saturated rings. The number of hydrogen-bond donors (Lipinski definition) is 1. The predicted molar refractivity (Wildman–Crippen MR) is 127 cm³/mol. The van der Waals surface area contributed by atoms with Crippen molar-refractivity contribution in [1.29, 1.82) is 0 Å². The third-order valence-corrected chi connectivity index (χ3v) is 7.27. The molecule has 1 heterocycles. The lowest BCUT2D eigenvalue weighted by Crippen LogP contribution is -2.41. The average Bonchev–Trinajstić information content (AvgIpc) is 3.06. The van der Waals surface area contributed by atoms with E-state index in [0.717, 1.165) is 0 Å². The smallest absolute Gasteiger partial charge is 0.339 e. The number of nitrogens with two attached hydrogens (primary N) is 1. The minimum absolute atomic E-state index is 0.00661. The Hall–Kier alpha value is -3.44. The molecule has 1 aliphatic rings. The third-order valence-electron chi connectivity index (χ3n) is 5.40. The molecule has 2 N–H and O–H groups in total. The number of guanidine groups is 1. The number of benzene rings is 3. The third kappa shape index (κ3) is 4.01. The molecule has 0 saturated heterocycles. The van der Waals surface area contributed by atoms with Crippen LogP contribution in [-0.2, 0) is 20.5 Å². The first-order valence-electron chi connectivity index (χ1n) is 9.86. The maximum Gasteiger partial charge on any atom is 0.339 e. The SMILES string of the molecule is COc1ccc(S(=O)(=O)Oc2ccc(C3(c4ccc(F)c(Br)c4)N=C(N)N(C)C3=O)cc2)cc1. The van der Waals surface area contributed by atoms with Crippen LogP contribution in [0.15, 0.2) is 81.1 Å². The van der Waals surface area contributed by atoms with Crippen LogP contribution in [0, 0.1) is 5.82 Å². The number of halogens is 2. The van der Waals surface area contributed by atoms with Gasteiger partial charge in [-0.3, -0.25) is 9.69 Å². The molecule has 4 rings (SSSR count). The van der Waals surface area contributed by atoms with E-state index in [4.69, 9.17) is 14.7 Å². The lowest BCUT2D eigenvalue weighted by molar-refractivity contribution is -0.129. The first-order chi connectivity index (χ1) is 16.1. The monoisotopic (exact) mass is 547 g/mol. The number of ether oxygens (including phenoxy) is 1. The highest BCUT2D eigenvalue weighted by Crippen LogP contribution is 2.41. The molecule has 34 heavy (non-hydrogen) atoms. The van der Waals surface area contributed by atoms with E-state index in [0.29, 0.717) is 16.9 Å². The van der Waals surface area contributed by atoms with Crippen molar-refractivity contribution in [3.63, 3.8) is 0 Å². The second-order valence-corrected chi connectivity index (χ2v) is 9.81. The fraction of sp³-hybridized carbons (Fsp3) is 0.130. The maximum absolute atomic E-state index is 13.9. The summed E-state index contributed by atoms with van der Waals surface area (Å²) in [5.74, 6) is -0.407. The number of hydrogen-bond acceptors (Lipinski definition) is 7. The Morgan fingerprint density at radius 2 is 1.59 bits per heavy atom. The highest BCUT2D eigenvalue weighted by Gasteiger charge is 2.49. The Morgan fingerprint density at radius 3 is 2.12 bits per heavy atom. The lowest BCUT2D eigenvalue weighted by Gasteiger charge is -2.26. The summed E-state index contributed by atoms with van der Waals surface area (Å²) in [6.45, 7) is 0. The summed E-state index contributed by atoms with van der Waals surface area (Å²) in [5, 5.41) is 0. The minimum Gasteiger partial charge on any atom is -0.497 e. The maximum atomic E-state index is 13.9. The van der Waals surface area contributed by atoms with E-state index in [2.05, 4.69) is 20.9 Å². The van der Waals surface area contributed by atoms with Crippen molar-refractivity contribution >= 4 is 37.9 Å². The van der Waals surface area contributed by atoms with Crippen molar-refractivity contribution in [1.82, 2.24) is 4.90 Å². The zero-order valence-electron chi connectivity index (χ0n) is 18.0. The van der Waals surface area contributed by atoms with Crippen molar-refractivity contribution in [2.45, 2.75) is 10.4 Å². The molecule has 8 nitrogen and oxygen atoms in total. The lowest BCUT2D eigenvalue weighted by atomic mass is 9.83. The molecule has 0 bridgehead atoms. The highest BCUT2D eigenvalue weighted by molar-refractivity contribution is 9.10. The summed E-state index contributed by atoms with van der Waals surface area (Å²) < 4.78 is 49.6. The number of aliphatic imine (C=N–C) groups is 1. The van der Waals surface area contributed by atoms with Crippen LogP contribution in [-0.4, -0.2) is 39.3 Å². The van der Waals surface area contributed by atoms with Crippen LogP contribution in [0.5, 0.6) is 11.5 Å². The summed E-state index contributed by atoms with van der Waals surface area (Å²) in [5.41, 5.74) is 5.16. The second-order valence-electron chi connectivity index (χ2n) is 7.41. The highest BCUT2D eigenvalue weighted by atomic mass is 79.9. The van der Waals surface area contributed by atoms with Gasteiger partial charge >= 0.3 is 10.1 Å². The zero-order valence-corrected chi connectivity index (χ0v) is 20.4. The summed E-state index contributed by atoms with van der Waals surface area (Å²) in [6, 6.07) is 15.7. The Kier molecular flexibility index (Phi) is 6.09. The Morgan fingerprint density at radius 1 is 1.00 bits per heavy atom. The van der Waals surface area contributed by atoms with Crippen molar-refractivity contribution in [3.05, 3.63) is 88.1 Å². The molecule has 11 heteroatoms. The molecule has 0 aliphatic carbocycles. The van der Waals surface area contributed by atoms with Gasteiger partial charge in [-0.05, 0) is 75.6 Å². The van der Waals surface area contributed by atoms with Crippen LogP contribution >= 0.6 is 15.9 Å². The van der Waals surface area contributed by atoms with E-state index >= 15 is 0 Å². The van der Waals surface area contributed by atoms with E-state index in [1.165, 1.54) is 85.8 Å². The summed E-state index contributed by atoms with van der Waals surface area (Å²) >= 11 is 3.14. The number of likely N-dealkylation sites (N-methyl/N-ethyl adjacent to an activating group) is 1. The van der Waals surface area contributed by atoms with Gasteiger partial charge < -0.3 is 14.7 Å². The average molecular weight is 548 g/mol. The van der Waals surface area contributed by atoms with Crippen molar-refractivity contribution in [2.24, 2.45) is 10.7 Å². The fourth-order valence-corrected chi connectivity index (χ4v) is 4.88. The Bertz CT molecular complexity index is 1400. The molecule has 0 aromatic heterocycles. The van der Waals surface area contributed by atoms with Crippen LogP contribution in [0.25, 0.3) is 0 Å². The number of amides is 1. The number of carbonyl (C=O) groups excluding carboxylic acids is 1. The van der Waals surface area contributed by atoms with E-state index in [9.17, 15) is 17.6 Å². The van der Waals surface area contributed by atoms with Gasteiger partial charge in [0.05, 0.1) is 11.6 Å². The summed E-state index contributed by atoms with van der Waals surface area (Å²) in [7, 11) is -1.14. The van der Waals surface area contributed by atoms with Gasteiger partial charge in [-0.25, -0.2) is 9.38 Å². The molecule has 1 atom stereocenters. The molecule has 1 aliphatic heterocycles. The molecule has 1 unspecified atom stereocenters. The van der Waals surface area contributed by atoms with Gasteiger partial charge in [-0.1, -0.05) is 18.2 Å². The molecule has 3 aromatic carbocycles. The topological polar surface area (TPSA) is 111 Å². The largest absolute Gasteiger partial charge is 0.497 e. The van der Waals surface area contributed by atoms with Gasteiger partial charge in [0, 0.05) is 7.05 Å². The van der Waals surface area contributed by atoms with Crippen LogP contribution in [0.3, 0.4) is 0 Å². The van der Waals surface area contributed by atoms with Gasteiger partial charge in [0.1, 0.15) is 22.2 Å². The second kappa shape index (κ2) is 8.73. The first-order valence-corrected chi connectivity index (χ1v) is 12.1. The first kappa shape index (κ1) is 23.7. The molecular weight excluding hydrogens is 529 g/mol. The van der Waals surface area contributed by atoms with E-state index < -0.39 is 27.4 Å². The fourth-order valence-electron chi connectivity index (χ4n) is 3.57. The number of nitrogens with zero attached hydrogens (tertiary/aromatic N) is 2. The van der Waals surface area contributed by atoms with E-state index in [1.807, 2.05) is 0 Å². The number of methoxy groups -OCH3 is 1. The predicted octanol–water partition coefficient (Wildman–Crippen LogP) is 3.39. The van der Waals surface area contributed by atoms with Gasteiger partial charge in [-0.2, -0.15) is 8.42 Å². The van der Waals surface area contributed by atoms with E-state index in [1.54, 1.807) is 0 Å². The summed E-state index contributed by atoms with van der Waals surface area (Å²) in [6.07, 6.45) is 0. The van der Waals surface area contributed by atoms with Crippen LogP contribution in [0.1, 0.15) is 11.1 Å². The summed E-state index contributed by atoms with van der Waals surface area (Å²) in [4.78, 5) is 18.8.